The molecule has 2 heterocycles. The third kappa shape index (κ3) is 4.78. The van der Waals surface area contributed by atoms with Gasteiger partial charge in [-0.15, -0.1) is 5.10 Å². The van der Waals surface area contributed by atoms with Gasteiger partial charge in [0, 0.05) is 10.7 Å². The molecule has 2 aromatic heterocycles. The zero-order valence-electron chi connectivity index (χ0n) is 16.7. The van der Waals surface area contributed by atoms with Crippen LogP contribution in [0.5, 0.6) is 0 Å². The van der Waals surface area contributed by atoms with Crippen LogP contribution >= 0.6 is 11.6 Å². The maximum atomic E-state index is 13.1. The third-order valence-electron chi connectivity index (χ3n) is 4.27. The lowest BCUT2D eigenvalue weighted by Gasteiger charge is -2.08. The van der Waals surface area contributed by atoms with E-state index in [4.69, 9.17) is 22.1 Å². The number of nitrogen functional groups attached to an aromatic ring is 1. The number of anilines is 3. The standard InChI is InChI=1S/C20H16ClFN8O2/c1-11-17(28-29-30(11)15-4-2-3-12(21)9-15)18(31)32-10-16-25-19(23)27-20(26-16)24-14-7-5-13(22)6-8-14/h2-9H,10H2,1H3,(H3,23,24,25,26,27). The summed E-state index contributed by atoms with van der Waals surface area (Å²) in [7, 11) is 0. The number of nitrogens with zero attached hydrogens (tertiary/aromatic N) is 6. The van der Waals surface area contributed by atoms with Gasteiger partial charge in [0.05, 0.1) is 11.4 Å². The van der Waals surface area contributed by atoms with E-state index in [1.807, 2.05) is 0 Å². The van der Waals surface area contributed by atoms with Crippen molar-refractivity contribution in [3.63, 3.8) is 0 Å². The van der Waals surface area contributed by atoms with Crippen LogP contribution in [0.2, 0.25) is 5.02 Å². The van der Waals surface area contributed by atoms with Gasteiger partial charge < -0.3 is 15.8 Å². The number of carbonyl (C=O) groups is 1. The first-order valence-corrected chi connectivity index (χ1v) is 9.65. The van der Waals surface area contributed by atoms with Gasteiger partial charge >= 0.3 is 5.97 Å². The first kappa shape index (κ1) is 21.1. The van der Waals surface area contributed by atoms with E-state index in [1.54, 1.807) is 31.2 Å². The van der Waals surface area contributed by atoms with Crippen molar-refractivity contribution in [3.05, 3.63) is 76.6 Å². The average Bonchev–Trinajstić information content (AvgIpc) is 3.15. The van der Waals surface area contributed by atoms with Crippen molar-refractivity contribution in [1.29, 1.82) is 0 Å². The van der Waals surface area contributed by atoms with E-state index in [9.17, 15) is 9.18 Å². The zero-order valence-corrected chi connectivity index (χ0v) is 17.4. The third-order valence-corrected chi connectivity index (χ3v) is 4.51. The molecule has 4 aromatic rings. The molecule has 4 rings (SSSR count). The van der Waals surface area contributed by atoms with Gasteiger partial charge in [0.2, 0.25) is 11.9 Å². The second-order valence-corrected chi connectivity index (χ2v) is 6.99. The van der Waals surface area contributed by atoms with E-state index < -0.39 is 5.97 Å². The highest BCUT2D eigenvalue weighted by Gasteiger charge is 2.20. The smallest absolute Gasteiger partial charge is 0.361 e. The summed E-state index contributed by atoms with van der Waals surface area (Å²) in [6.07, 6.45) is 0. The summed E-state index contributed by atoms with van der Waals surface area (Å²) in [4.78, 5) is 24.6. The van der Waals surface area contributed by atoms with Gasteiger partial charge in [0.1, 0.15) is 5.82 Å². The Morgan fingerprint density at radius 1 is 1.19 bits per heavy atom. The number of nitrogens with two attached hydrogens (primary N) is 1. The fraction of sp³-hybridized carbons (Fsp3) is 0.100. The normalized spacial score (nSPS) is 10.7. The van der Waals surface area contributed by atoms with Crippen molar-refractivity contribution < 1.29 is 13.9 Å². The zero-order chi connectivity index (χ0) is 22.7. The molecule has 0 unspecified atom stereocenters. The van der Waals surface area contributed by atoms with Crippen LogP contribution in [0.4, 0.5) is 22.0 Å². The van der Waals surface area contributed by atoms with Crippen LogP contribution in [0.15, 0.2) is 48.5 Å². The van der Waals surface area contributed by atoms with Crippen molar-refractivity contribution in [3.8, 4) is 5.69 Å². The topological polar surface area (TPSA) is 134 Å². The molecule has 0 radical (unpaired) electrons. The van der Waals surface area contributed by atoms with Crippen molar-refractivity contribution >= 4 is 35.2 Å². The summed E-state index contributed by atoms with van der Waals surface area (Å²) in [5, 5.41) is 11.3. The summed E-state index contributed by atoms with van der Waals surface area (Å²) in [6, 6.07) is 12.6. The number of ether oxygens (including phenoxy) is 1. The van der Waals surface area contributed by atoms with E-state index in [0.29, 0.717) is 22.1 Å². The van der Waals surface area contributed by atoms with Crippen LogP contribution in [0.25, 0.3) is 5.69 Å². The van der Waals surface area contributed by atoms with Crippen LogP contribution in [0.3, 0.4) is 0 Å². The van der Waals surface area contributed by atoms with Crippen molar-refractivity contribution in [2.45, 2.75) is 13.5 Å². The quantitative estimate of drug-likeness (QED) is 0.421. The van der Waals surface area contributed by atoms with E-state index in [2.05, 4.69) is 30.6 Å². The molecule has 2 aromatic carbocycles. The first-order chi connectivity index (χ1) is 15.4. The predicted octanol–water partition coefficient (Wildman–Crippen LogP) is 3.24. The van der Waals surface area contributed by atoms with Gasteiger partial charge in [-0.2, -0.15) is 15.0 Å². The Morgan fingerprint density at radius 3 is 2.72 bits per heavy atom. The highest BCUT2D eigenvalue weighted by Crippen LogP contribution is 2.18. The number of hydrogen-bond acceptors (Lipinski definition) is 9. The minimum Gasteiger partial charge on any atom is -0.453 e. The Bertz CT molecular complexity index is 1280. The fourth-order valence-corrected chi connectivity index (χ4v) is 2.97. The Hall–Kier alpha value is -4.12. The minimum atomic E-state index is -0.706. The predicted molar refractivity (Wildman–Crippen MR) is 114 cm³/mol. The van der Waals surface area contributed by atoms with Gasteiger partial charge in [0.15, 0.2) is 18.1 Å². The summed E-state index contributed by atoms with van der Waals surface area (Å²) in [6.45, 7) is 1.41. The molecule has 0 saturated heterocycles. The lowest BCUT2D eigenvalue weighted by molar-refractivity contribution is 0.0454. The molecule has 10 nitrogen and oxygen atoms in total. The highest BCUT2D eigenvalue weighted by molar-refractivity contribution is 6.30. The molecule has 0 aliphatic heterocycles. The molecule has 0 aliphatic rings. The van der Waals surface area contributed by atoms with Crippen molar-refractivity contribution in [1.82, 2.24) is 29.9 Å². The molecular formula is C20H16ClFN8O2. The average molecular weight is 455 g/mol. The Kier molecular flexibility index (Phi) is 5.90. The molecule has 0 atom stereocenters. The second-order valence-electron chi connectivity index (χ2n) is 6.56. The van der Waals surface area contributed by atoms with E-state index >= 15 is 0 Å². The molecule has 0 aliphatic carbocycles. The first-order valence-electron chi connectivity index (χ1n) is 9.27. The van der Waals surface area contributed by atoms with E-state index in [0.717, 1.165) is 0 Å². The summed E-state index contributed by atoms with van der Waals surface area (Å²) in [5.74, 6) is -0.906. The van der Waals surface area contributed by atoms with Gasteiger partial charge in [-0.1, -0.05) is 22.9 Å². The van der Waals surface area contributed by atoms with Gasteiger partial charge in [0.25, 0.3) is 0 Å². The summed E-state index contributed by atoms with van der Waals surface area (Å²) < 4.78 is 19.8. The van der Waals surface area contributed by atoms with Crippen LogP contribution in [0.1, 0.15) is 22.0 Å². The molecule has 3 N–H and O–H groups in total. The Balaban J connectivity index is 1.46. The van der Waals surface area contributed by atoms with Gasteiger partial charge in [-0.25, -0.2) is 13.9 Å². The summed E-state index contributed by atoms with van der Waals surface area (Å²) in [5.41, 5.74) is 7.44. The minimum absolute atomic E-state index is 0.0386. The van der Waals surface area contributed by atoms with Crippen LogP contribution in [-0.4, -0.2) is 35.9 Å². The molecular weight excluding hydrogens is 439 g/mol. The van der Waals surface area contributed by atoms with Gasteiger partial charge in [-0.05, 0) is 49.4 Å². The fourth-order valence-electron chi connectivity index (χ4n) is 2.79. The monoisotopic (exact) mass is 454 g/mol. The number of nitrogens with one attached hydrogen (secondary N) is 1. The van der Waals surface area contributed by atoms with Crippen molar-refractivity contribution in [2.24, 2.45) is 0 Å². The molecule has 0 amide bonds. The number of esters is 1. The molecule has 32 heavy (non-hydrogen) atoms. The van der Waals surface area contributed by atoms with Crippen molar-refractivity contribution in [2.75, 3.05) is 11.1 Å². The lowest BCUT2D eigenvalue weighted by Crippen LogP contribution is -2.12. The molecule has 0 spiro atoms. The molecule has 0 saturated carbocycles. The largest absolute Gasteiger partial charge is 0.453 e. The molecule has 0 bridgehead atoms. The second kappa shape index (κ2) is 8.94. The van der Waals surface area contributed by atoms with E-state index in [1.165, 1.54) is 28.9 Å². The maximum absolute atomic E-state index is 13.1. The molecule has 12 heteroatoms. The highest BCUT2D eigenvalue weighted by atomic mass is 35.5. The maximum Gasteiger partial charge on any atom is 0.361 e. The number of benzene rings is 2. The Labute approximate surface area is 186 Å². The SMILES string of the molecule is Cc1c(C(=O)OCc2nc(N)nc(Nc3ccc(F)cc3)n2)nnn1-c1cccc(Cl)c1. The Morgan fingerprint density at radius 2 is 1.97 bits per heavy atom. The van der Waals surface area contributed by atoms with E-state index in [-0.39, 0.29) is 35.8 Å². The van der Waals surface area contributed by atoms with Crippen LogP contribution in [-0.2, 0) is 11.3 Å². The molecule has 0 fully saturated rings. The number of hydrogen-bond donors (Lipinski definition) is 2. The summed E-state index contributed by atoms with van der Waals surface area (Å²) >= 11 is 6.01. The number of halogens is 2. The number of rotatable bonds is 6. The lowest BCUT2D eigenvalue weighted by atomic mass is 10.3. The number of carbonyl (C=O) groups excluding carboxylic acids is 1. The van der Waals surface area contributed by atoms with Crippen LogP contribution in [0, 0.1) is 12.7 Å². The van der Waals surface area contributed by atoms with Gasteiger partial charge in [-0.3, -0.25) is 0 Å². The molecule has 162 valence electrons. The van der Waals surface area contributed by atoms with Crippen LogP contribution < -0.4 is 11.1 Å². The number of aromatic nitrogens is 6.